The van der Waals surface area contributed by atoms with Crippen LogP contribution in [0.15, 0.2) is 71.6 Å². The van der Waals surface area contributed by atoms with Gasteiger partial charge in [0.05, 0.1) is 17.7 Å². The van der Waals surface area contributed by atoms with Crippen LogP contribution < -0.4 is 9.46 Å². The summed E-state index contributed by atoms with van der Waals surface area (Å²) >= 11 is 6.14. The number of sulfonamides is 1. The number of tetrazole rings is 1. The number of aromatic amines is 1. The van der Waals surface area contributed by atoms with Crippen LogP contribution in [0.4, 0.5) is 5.69 Å². The van der Waals surface area contributed by atoms with Crippen LogP contribution in [0, 0.1) is 0 Å². The predicted octanol–water partition coefficient (Wildman–Crippen LogP) is 4.00. The number of halogens is 1. The third-order valence-electron chi connectivity index (χ3n) is 4.34. The van der Waals surface area contributed by atoms with Gasteiger partial charge in [0.15, 0.2) is 0 Å². The van der Waals surface area contributed by atoms with Crippen molar-refractivity contribution in [3.8, 4) is 28.3 Å². The number of methoxy groups -OCH3 is 1. The second-order valence-corrected chi connectivity index (χ2v) is 8.42. The number of aromatic nitrogens is 4. The van der Waals surface area contributed by atoms with Crippen LogP contribution in [-0.2, 0) is 10.0 Å². The van der Waals surface area contributed by atoms with Gasteiger partial charge in [0.1, 0.15) is 5.75 Å². The SMILES string of the molecule is COc1ccc(-c2ccccc2)cc1NS(=O)(=O)c1cc(Cl)cc(-c2nn[nH]n2)c1. The first kappa shape index (κ1) is 19.9. The van der Waals surface area contributed by atoms with Gasteiger partial charge in [0, 0.05) is 10.6 Å². The van der Waals surface area contributed by atoms with E-state index in [4.69, 9.17) is 16.3 Å². The maximum absolute atomic E-state index is 13.1. The Kier molecular flexibility index (Phi) is 5.39. The number of anilines is 1. The summed E-state index contributed by atoms with van der Waals surface area (Å²) in [7, 11) is -2.51. The first-order valence-electron chi connectivity index (χ1n) is 8.77. The molecule has 0 aliphatic rings. The molecule has 0 atom stereocenters. The highest BCUT2D eigenvalue weighted by Crippen LogP contribution is 2.33. The molecule has 0 aliphatic carbocycles. The van der Waals surface area contributed by atoms with E-state index in [0.29, 0.717) is 17.0 Å². The molecule has 8 nitrogen and oxygen atoms in total. The maximum atomic E-state index is 13.1. The number of benzene rings is 3. The average Bonchev–Trinajstić information content (AvgIpc) is 3.29. The Labute approximate surface area is 177 Å². The van der Waals surface area contributed by atoms with Gasteiger partial charge in [-0.3, -0.25) is 4.72 Å². The zero-order valence-electron chi connectivity index (χ0n) is 15.7. The fraction of sp³-hybridized carbons (Fsp3) is 0.0500. The van der Waals surface area contributed by atoms with Crippen LogP contribution in [0.25, 0.3) is 22.5 Å². The van der Waals surface area contributed by atoms with E-state index in [2.05, 4.69) is 25.3 Å². The van der Waals surface area contributed by atoms with Crippen molar-refractivity contribution >= 4 is 27.3 Å². The van der Waals surface area contributed by atoms with Gasteiger partial charge in [0.2, 0.25) is 5.82 Å². The lowest BCUT2D eigenvalue weighted by molar-refractivity contribution is 0.417. The van der Waals surface area contributed by atoms with Crippen LogP contribution in [0.3, 0.4) is 0 Å². The number of nitrogens with zero attached hydrogens (tertiary/aromatic N) is 3. The Morgan fingerprint density at radius 2 is 1.77 bits per heavy atom. The van der Waals surface area contributed by atoms with E-state index < -0.39 is 10.0 Å². The lowest BCUT2D eigenvalue weighted by Crippen LogP contribution is -2.14. The monoisotopic (exact) mass is 441 g/mol. The molecule has 2 N–H and O–H groups in total. The van der Waals surface area contributed by atoms with Crippen molar-refractivity contribution in [2.45, 2.75) is 4.90 Å². The number of hydrogen-bond acceptors (Lipinski definition) is 6. The molecule has 10 heteroatoms. The van der Waals surface area contributed by atoms with Crippen LogP contribution in [0.1, 0.15) is 0 Å². The second-order valence-electron chi connectivity index (χ2n) is 6.30. The number of nitrogens with one attached hydrogen (secondary N) is 2. The van der Waals surface area contributed by atoms with E-state index in [9.17, 15) is 8.42 Å². The van der Waals surface area contributed by atoms with Gasteiger partial charge in [0.25, 0.3) is 10.0 Å². The maximum Gasteiger partial charge on any atom is 0.262 e. The van der Waals surface area contributed by atoms with Crippen molar-refractivity contribution in [1.29, 1.82) is 0 Å². The van der Waals surface area contributed by atoms with Crippen molar-refractivity contribution in [2.24, 2.45) is 0 Å². The predicted molar refractivity (Wildman–Crippen MR) is 114 cm³/mol. The van der Waals surface area contributed by atoms with Crippen molar-refractivity contribution in [3.05, 3.63) is 71.8 Å². The van der Waals surface area contributed by atoms with Crippen LogP contribution in [0.5, 0.6) is 5.75 Å². The molecule has 0 radical (unpaired) electrons. The zero-order chi connectivity index (χ0) is 21.1. The van der Waals surface area contributed by atoms with Gasteiger partial charge in [-0.05, 0) is 46.7 Å². The summed E-state index contributed by atoms with van der Waals surface area (Å²) in [5.41, 5.74) is 2.51. The van der Waals surface area contributed by atoms with E-state index in [1.807, 2.05) is 36.4 Å². The molecule has 0 saturated heterocycles. The molecule has 4 rings (SSSR count). The lowest BCUT2D eigenvalue weighted by atomic mass is 10.1. The molecule has 0 fully saturated rings. The summed E-state index contributed by atoms with van der Waals surface area (Å²) in [6, 6.07) is 19.2. The molecule has 0 saturated carbocycles. The van der Waals surface area contributed by atoms with Crippen LogP contribution in [-0.4, -0.2) is 36.2 Å². The summed E-state index contributed by atoms with van der Waals surface area (Å²) in [5.74, 6) is 0.622. The summed E-state index contributed by atoms with van der Waals surface area (Å²) in [6.45, 7) is 0. The first-order chi connectivity index (χ1) is 14.5. The minimum atomic E-state index is -3.98. The molecule has 1 aromatic heterocycles. The Morgan fingerprint density at radius 3 is 2.47 bits per heavy atom. The molecule has 0 aliphatic heterocycles. The van der Waals surface area contributed by atoms with E-state index in [-0.39, 0.29) is 15.7 Å². The molecule has 3 aromatic carbocycles. The van der Waals surface area contributed by atoms with Crippen molar-refractivity contribution in [1.82, 2.24) is 20.6 Å². The number of hydrogen-bond donors (Lipinski definition) is 2. The Hall–Kier alpha value is -3.43. The average molecular weight is 442 g/mol. The molecule has 0 amide bonds. The third kappa shape index (κ3) is 4.12. The highest BCUT2D eigenvalue weighted by Gasteiger charge is 2.20. The molecular formula is C20H16ClN5O3S. The quantitative estimate of drug-likeness (QED) is 0.468. The topological polar surface area (TPSA) is 110 Å². The minimum Gasteiger partial charge on any atom is -0.495 e. The number of H-pyrrole nitrogens is 1. The van der Waals surface area contributed by atoms with Crippen molar-refractivity contribution < 1.29 is 13.2 Å². The largest absolute Gasteiger partial charge is 0.495 e. The van der Waals surface area contributed by atoms with Crippen LogP contribution in [0.2, 0.25) is 5.02 Å². The van der Waals surface area contributed by atoms with Gasteiger partial charge < -0.3 is 4.74 Å². The molecule has 0 unspecified atom stereocenters. The smallest absolute Gasteiger partial charge is 0.262 e. The minimum absolute atomic E-state index is 0.0398. The Morgan fingerprint density at radius 1 is 0.967 bits per heavy atom. The van der Waals surface area contributed by atoms with Crippen molar-refractivity contribution in [2.75, 3.05) is 11.8 Å². The number of rotatable bonds is 6. The van der Waals surface area contributed by atoms with Gasteiger partial charge in [-0.1, -0.05) is 48.0 Å². The molecule has 30 heavy (non-hydrogen) atoms. The highest BCUT2D eigenvalue weighted by atomic mass is 35.5. The van der Waals surface area contributed by atoms with E-state index in [1.54, 1.807) is 18.2 Å². The van der Waals surface area contributed by atoms with E-state index in [1.165, 1.54) is 19.2 Å². The normalized spacial score (nSPS) is 11.3. The molecule has 152 valence electrons. The first-order valence-corrected chi connectivity index (χ1v) is 10.6. The highest BCUT2D eigenvalue weighted by molar-refractivity contribution is 7.92. The summed E-state index contributed by atoms with van der Waals surface area (Å²) in [4.78, 5) is -0.0398. The van der Waals surface area contributed by atoms with E-state index in [0.717, 1.165) is 11.1 Å². The fourth-order valence-corrected chi connectivity index (χ4v) is 4.36. The number of ether oxygens (including phenoxy) is 1. The fourth-order valence-electron chi connectivity index (χ4n) is 2.93. The zero-order valence-corrected chi connectivity index (χ0v) is 17.3. The molecular weight excluding hydrogens is 426 g/mol. The van der Waals surface area contributed by atoms with Gasteiger partial charge in [-0.25, -0.2) is 8.42 Å². The second kappa shape index (κ2) is 8.13. The van der Waals surface area contributed by atoms with Gasteiger partial charge >= 0.3 is 0 Å². The molecule has 0 bridgehead atoms. The van der Waals surface area contributed by atoms with Crippen LogP contribution >= 0.6 is 11.6 Å². The van der Waals surface area contributed by atoms with E-state index >= 15 is 0 Å². The van der Waals surface area contributed by atoms with Gasteiger partial charge in [-0.15, -0.1) is 10.2 Å². The standard InChI is InChI=1S/C20H16ClN5O3S/c1-29-19-8-7-14(13-5-3-2-4-6-13)11-18(19)24-30(27,28)17-10-15(9-16(21)12-17)20-22-25-26-23-20/h2-12,24H,1H3,(H,22,23,25,26). The summed E-state index contributed by atoms with van der Waals surface area (Å²) < 4.78 is 34.1. The third-order valence-corrected chi connectivity index (χ3v) is 5.90. The van der Waals surface area contributed by atoms with Crippen molar-refractivity contribution in [3.63, 3.8) is 0 Å². The summed E-state index contributed by atoms with van der Waals surface area (Å²) in [6.07, 6.45) is 0. The lowest BCUT2D eigenvalue weighted by Gasteiger charge is -2.14. The molecule has 0 spiro atoms. The molecule has 1 heterocycles. The van der Waals surface area contributed by atoms with Gasteiger partial charge in [-0.2, -0.15) is 5.21 Å². The summed E-state index contributed by atoms with van der Waals surface area (Å²) in [5, 5.41) is 13.8. The Balaban J connectivity index is 1.73. The molecule has 4 aromatic rings. The Bertz CT molecular complexity index is 1280.